The number of amides is 2. The van der Waals surface area contributed by atoms with Crippen LogP contribution in [0.2, 0.25) is 0 Å². The molecule has 3 rings (SSSR count). The summed E-state index contributed by atoms with van der Waals surface area (Å²) in [6.45, 7) is 0. The number of benzene rings is 1. The fraction of sp³-hybridized carbons (Fsp3) is 0.333. The number of alkyl halides is 6. The van der Waals surface area contributed by atoms with Crippen molar-refractivity contribution in [2.45, 2.75) is 31.2 Å². The molecule has 1 saturated heterocycles. The first kappa shape index (κ1) is 18.9. The van der Waals surface area contributed by atoms with Crippen LogP contribution in [0.1, 0.15) is 30.0 Å². The average molecular weight is 392 g/mol. The minimum atomic E-state index is -4.99. The molecule has 0 bridgehead atoms. The molecule has 0 aliphatic carbocycles. The molecular weight excluding hydrogens is 382 g/mol. The van der Waals surface area contributed by atoms with Crippen molar-refractivity contribution in [3.8, 4) is 11.3 Å². The van der Waals surface area contributed by atoms with E-state index in [-0.39, 0.29) is 24.6 Å². The van der Waals surface area contributed by atoms with Crippen LogP contribution < -0.4 is 5.32 Å². The fourth-order valence-corrected chi connectivity index (χ4v) is 2.60. The van der Waals surface area contributed by atoms with Crippen LogP contribution in [0.4, 0.5) is 26.3 Å². The second kappa shape index (κ2) is 6.35. The van der Waals surface area contributed by atoms with Crippen molar-refractivity contribution in [3.05, 3.63) is 35.5 Å². The first-order valence-corrected chi connectivity index (χ1v) is 7.50. The van der Waals surface area contributed by atoms with E-state index in [9.17, 15) is 35.9 Å². The van der Waals surface area contributed by atoms with E-state index < -0.39 is 46.9 Å². The third kappa shape index (κ3) is 3.93. The number of imide groups is 1. The molecule has 1 aromatic carbocycles. The van der Waals surface area contributed by atoms with Gasteiger partial charge >= 0.3 is 12.4 Å². The van der Waals surface area contributed by atoms with Crippen molar-refractivity contribution in [3.63, 3.8) is 0 Å². The lowest BCUT2D eigenvalue weighted by atomic mass is 10.0. The summed E-state index contributed by atoms with van der Waals surface area (Å²) < 4.78 is 78.7. The van der Waals surface area contributed by atoms with E-state index in [1.807, 2.05) is 0 Å². The van der Waals surface area contributed by atoms with E-state index in [1.165, 1.54) is 0 Å². The molecule has 6 nitrogen and oxygen atoms in total. The SMILES string of the molecule is O=C1CCC(n2cc(-c3cc(C(F)(F)F)cc(C(F)(F)F)c3)nn2)C(=O)N1. The first-order chi connectivity index (χ1) is 12.4. The van der Waals surface area contributed by atoms with Gasteiger partial charge in [-0.15, -0.1) is 5.10 Å². The smallest absolute Gasteiger partial charge is 0.295 e. The van der Waals surface area contributed by atoms with Gasteiger partial charge in [-0.1, -0.05) is 5.21 Å². The van der Waals surface area contributed by atoms with Gasteiger partial charge < -0.3 is 0 Å². The van der Waals surface area contributed by atoms with Crippen molar-refractivity contribution >= 4 is 11.8 Å². The molecule has 2 heterocycles. The molecule has 1 N–H and O–H groups in total. The number of aromatic nitrogens is 3. The molecule has 27 heavy (non-hydrogen) atoms. The number of nitrogens with one attached hydrogen (secondary N) is 1. The molecular formula is C15H10F6N4O2. The van der Waals surface area contributed by atoms with Gasteiger partial charge in [0, 0.05) is 12.0 Å². The van der Waals surface area contributed by atoms with E-state index >= 15 is 0 Å². The van der Waals surface area contributed by atoms with Gasteiger partial charge in [0.1, 0.15) is 11.7 Å². The van der Waals surface area contributed by atoms with Gasteiger partial charge in [0.2, 0.25) is 5.91 Å². The predicted octanol–water partition coefficient (Wildman–Crippen LogP) is 2.96. The van der Waals surface area contributed by atoms with Crippen molar-refractivity contribution < 1.29 is 35.9 Å². The van der Waals surface area contributed by atoms with E-state index in [4.69, 9.17) is 0 Å². The highest BCUT2D eigenvalue weighted by Gasteiger charge is 2.37. The maximum absolute atomic E-state index is 12.9. The maximum atomic E-state index is 12.9. The zero-order valence-electron chi connectivity index (χ0n) is 13.2. The molecule has 0 spiro atoms. The number of rotatable bonds is 2. The number of nitrogens with zero attached hydrogens (tertiary/aromatic N) is 3. The topological polar surface area (TPSA) is 76.9 Å². The summed E-state index contributed by atoms with van der Waals surface area (Å²) in [4.78, 5) is 23.0. The van der Waals surface area contributed by atoms with Crippen LogP contribution in [-0.2, 0) is 21.9 Å². The zero-order chi connectivity index (χ0) is 20.0. The Morgan fingerprint density at radius 1 is 1.00 bits per heavy atom. The fourth-order valence-electron chi connectivity index (χ4n) is 2.60. The molecule has 1 aliphatic heterocycles. The van der Waals surface area contributed by atoms with Crippen LogP contribution >= 0.6 is 0 Å². The highest BCUT2D eigenvalue weighted by atomic mass is 19.4. The monoisotopic (exact) mass is 392 g/mol. The van der Waals surface area contributed by atoms with Crippen LogP contribution in [0.5, 0.6) is 0 Å². The van der Waals surface area contributed by atoms with Gasteiger partial charge in [0.25, 0.3) is 5.91 Å². The summed E-state index contributed by atoms with van der Waals surface area (Å²) in [5.41, 5.74) is -3.68. The van der Waals surface area contributed by atoms with E-state index in [1.54, 1.807) is 0 Å². The summed E-state index contributed by atoms with van der Waals surface area (Å²) in [6.07, 6.45) is -8.81. The summed E-state index contributed by atoms with van der Waals surface area (Å²) in [7, 11) is 0. The number of carbonyl (C=O) groups is 2. The molecule has 0 radical (unpaired) electrons. The summed E-state index contributed by atoms with van der Waals surface area (Å²) in [5.74, 6) is -1.16. The van der Waals surface area contributed by atoms with E-state index in [0.29, 0.717) is 12.1 Å². The van der Waals surface area contributed by atoms with Gasteiger partial charge in [0.15, 0.2) is 0 Å². The van der Waals surface area contributed by atoms with E-state index in [2.05, 4.69) is 15.6 Å². The Morgan fingerprint density at radius 3 is 2.11 bits per heavy atom. The molecule has 2 amide bonds. The Labute approximate surface area is 147 Å². The summed E-state index contributed by atoms with van der Waals surface area (Å²) >= 11 is 0. The van der Waals surface area contributed by atoms with Crippen LogP contribution in [0.3, 0.4) is 0 Å². The number of halogens is 6. The van der Waals surface area contributed by atoms with Gasteiger partial charge in [-0.3, -0.25) is 14.9 Å². The summed E-state index contributed by atoms with van der Waals surface area (Å²) in [6, 6.07) is 0.118. The lowest BCUT2D eigenvalue weighted by molar-refractivity contribution is -0.143. The van der Waals surface area contributed by atoms with Crippen molar-refractivity contribution in [2.75, 3.05) is 0 Å². The molecule has 1 atom stereocenters. The number of piperidine rings is 1. The quantitative estimate of drug-likeness (QED) is 0.630. The number of hydrogen-bond acceptors (Lipinski definition) is 4. The highest BCUT2D eigenvalue weighted by molar-refractivity contribution is 5.99. The number of hydrogen-bond donors (Lipinski definition) is 1. The highest BCUT2D eigenvalue weighted by Crippen LogP contribution is 2.38. The van der Waals surface area contributed by atoms with Crippen LogP contribution in [0.25, 0.3) is 11.3 Å². The Bertz CT molecular complexity index is 870. The molecule has 1 fully saturated rings. The minimum Gasteiger partial charge on any atom is -0.295 e. The Morgan fingerprint density at radius 2 is 1.59 bits per heavy atom. The Hall–Kier alpha value is -2.92. The predicted molar refractivity (Wildman–Crippen MR) is 76.9 cm³/mol. The lowest BCUT2D eigenvalue weighted by Crippen LogP contribution is -2.41. The van der Waals surface area contributed by atoms with E-state index in [0.717, 1.165) is 10.9 Å². The molecule has 2 aromatic rings. The maximum Gasteiger partial charge on any atom is 0.416 e. The molecule has 1 aliphatic rings. The standard InChI is InChI=1S/C15H10F6N4O2/c16-14(17,18)8-3-7(4-9(5-8)15(19,20)21)10-6-25(24-23-10)11-1-2-12(26)22-13(11)27/h3-6,11H,1-2H2,(H,22,26,27). The lowest BCUT2D eigenvalue weighted by Gasteiger charge is -2.20. The van der Waals surface area contributed by atoms with Crippen LogP contribution in [0, 0.1) is 0 Å². The Kier molecular flexibility index (Phi) is 4.44. The average Bonchev–Trinajstić information content (AvgIpc) is 3.02. The van der Waals surface area contributed by atoms with Gasteiger partial charge in [-0.25, -0.2) is 4.68 Å². The van der Waals surface area contributed by atoms with Crippen LogP contribution in [0.15, 0.2) is 24.4 Å². The normalized spacial score (nSPS) is 18.5. The number of carbonyl (C=O) groups excluding carboxylic acids is 2. The third-order valence-electron chi connectivity index (χ3n) is 3.92. The minimum absolute atomic E-state index is 0.00805. The largest absolute Gasteiger partial charge is 0.416 e. The molecule has 1 unspecified atom stereocenters. The zero-order valence-corrected chi connectivity index (χ0v) is 13.2. The van der Waals surface area contributed by atoms with Crippen molar-refractivity contribution in [1.29, 1.82) is 0 Å². The third-order valence-corrected chi connectivity index (χ3v) is 3.92. The second-order valence-corrected chi connectivity index (χ2v) is 5.85. The van der Waals surface area contributed by atoms with Crippen molar-refractivity contribution in [1.82, 2.24) is 20.3 Å². The molecule has 1 aromatic heterocycles. The second-order valence-electron chi connectivity index (χ2n) is 5.85. The summed E-state index contributed by atoms with van der Waals surface area (Å²) in [5, 5.41) is 9.25. The van der Waals surface area contributed by atoms with Gasteiger partial charge in [0.05, 0.1) is 17.3 Å². The van der Waals surface area contributed by atoms with Crippen LogP contribution in [-0.4, -0.2) is 26.8 Å². The Balaban J connectivity index is 2.01. The molecule has 12 heteroatoms. The molecule has 144 valence electrons. The van der Waals surface area contributed by atoms with Crippen molar-refractivity contribution in [2.24, 2.45) is 0 Å². The van der Waals surface area contributed by atoms with Gasteiger partial charge in [-0.05, 0) is 24.6 Å². The first-order valence-electron chi connectivity index (χ1n) is 7.50. The van der Waals surface area contributed by atoms with Gasteiger partial charge in [-0.2, -0.15) is 26.3 Å². The molecule has 0 saturated carbocycles.